The van der Waals surface area contributed by atoms with Gasteiger partial charge in [-0.15, -0.1) is 0 Å². The van der Waals surface area contributed by atoms with Crippen molar-refractivity contribution in [3.05, 3.63) is 41.5 Å². The molecule has 0 aliphatic carbocycles. The van der Waals surface area contributed by atoms with Gasteiger partial charge in [-0.2, -0.15) is 0 Å². The van der Waals surface area contributed by atoms with Crippen LogP contribution in [0.3, 0.4) is 0 Å². The van der Waals surface area contributed by atoms with Crippen LogP contribution in [0.25, 0.3) is 0 Å². The number of hydrogen-bond acceptors (Lipinski definition) is 4. The molecule has 1 N–H and O–H groups in total. The van der Waals surface area contributed by atoms with Gasteiger partial charge in [0.25, 0.3) is 0 Å². The maximum absolute atomic E-state index is 13.3. The molecule has 0 atom stereocenters. The summed E-state index contributed by atoms with van der Waals surface area (Å²) in [4.78, 5) is 10.0. The van der Waals surface area contributed by atoms with Crippen LogP contribution in [0.2, 0.25) is 0 Å². The first kappa shape index (κ1) is 15.8. The number of halogens is 1. The molecule has 0 fully saturated rings. The fourth-order valence-corrected chi connectivity index (χ4v) is 2.78. The summed E-state index contributed by atoms with van der Waals surface area (Å²) < 4.78 is 13.3. The SMILES string of the molecule is CCNc1nc(C(C)C)nc(Sc2cccc(F)c2)c1C. The summed E-state index contributed by atoms with van der Waals surface area (Å²) in [7, 11) is 0. The molecule has 0 saturated heterocycles. The molecular formula is C16H20FN3S. The molecule has 2 aromatic rings. The fraction of sp³-hybridized carbons (Fsp3) is 0.375. The van der Waals surface area contributed by atoms with Crippen LogP contribution in [-0.4, -0.2) is 16.5 Å². The molecule has 5 heteroatoms. The Balaban J connectivity index is 2.41. The molecule has 0 saturated carbocycles. The Kier molecular flexibility index (Phi) is 5.17. The highest BCUT2D eigenvalue weighted by molar-refractivity contribution is 7.99. The van der Waals surface area contributed by atoms with Crippen molar-refractivity contribution in [1.82, 2.24) is 9.97 Å². The molecule has 21 heavy (non-hydrogen) atoms. The minimum absolute atomic E-state index is 0.234. The van der Waals surface area contributed by atoms with E-state index in [1.807, 2.05) is 19.9 Å². The van der Waals surface area contributed by atoms with Gasteiger partial charge < -0.3 is 5.32 Å². The van der Waals surface area contributed by atoms with Crippen LogP contribution >= 0.6 is 11.8 Å². The van der Waals surface area contributed by atoms with E-state index in [-0.39, 0.29) is 11.7 Å². The van der Waals surface area contributed by atoms with Crippen LogP contribution in [0.1, 0.15) is 38.1 Å². The Bertz CT molecular complexity index is 629. The number of benzene rings is 1. The summed E-state index contributed by atoms with van der Waals surface area (Å²) >= 11 is 1.47. The van der Waals surface area contributed by atoms with Crippen molar-refractivity contribution in [1.29, 1.82) is 0 Å². The molecule has 0 amide bonds. The lowest BCUT2D eigenvalue weighted by Gasteiger charge is -2.14. The average Bonchev–Trinajstić information content (AvgIpc) is 2.43. The van der Waals surface area contributed by atoms with E-state index in [1.165, 1.54) is 23.9 Å². The van der Waals surface area contributed by atoms with Gasteiger partial charge >= 0.3 is 0 Å². The van der Waals surface area contributed by atoms with Gasteiger partial charge in [-0.3, -0.25) is 0 Å². The summed E-state index contributed by atoms with van der Waals surface area (Å²) in [6.07, 6.45) is 0. The summed E-state index contributed by atoms with van der Waals surface area (Å²) in [5.41, 5.74) is 0.996. The lowest BCUT2D eigenvalue weighted by Crippen LogP contribution is -2.08. The number of aromatic nitrogens is 2. The van der Waals surface area contributed by atoms with E-state index in [1.54, 1.807) is 6.07 Å². The highest BCUT2D eigenvalue weighted by Crippen LogP contribution is 2.32. The van der Waals surface area contributed by atoms with Gasteiger partial charge in [-0.1, -0.05) is 31.7 Å². The van der Waals surface area contributed by atoms with Crippen LogP contribution in [0.4, 0.5) is 10.2 Å². The molecule has 0 aliphatic heterocycles. The minimum Gasteiger partial charge on any atom is -0.370 e. The van der Waals surface area contributed by atoms with Gasteiger partial charge in [0.15, 0.2) is 0 Å². The van der Waals surface area contributed by atoms with Crippen LogP contribution in [0.5, 0.6) is 0 Å². The van der Waals surface area contributed by atoms with Crippen molar-refractivity contribution in [3.8, 4) is 0 Å². The van der Waals surface area contributed by atoms with Gasteiger partial charge in [0.05, 0.1) is 0 Å². The van der Waals surface area contributed by atoms with Crippen molar-refractivity contribution in [2.24, 2.45) is 0 Å². The summed E-state index contributed by atoms with van der Waals surface area (Å²) in [5.74, 6) is 1.67. The van der Waals surface area contributed by atoms with Crippen molar-refractivity contribution in [3.63, 3.8) is 0 Å². The second kappa shape index (κ2) is 6.89. The highest BCUT2D eigenvalue weighted by atomic mass is 32.2. The molecular weight excluding hydrogens is 285 g/mol. The predicted molar refractivity (Wildman–Crippen MR) is 85.5 cm³/mol. The van der Waals surface area contributed by atoms with Crippen molar-refractivity contribution >= 4 is 17.6 Å². The summed E-state index contributed by atoms with van der Waals surface area (Å²) in [6.45, 7) is 8.97. The number of nitrogens with zero attached hydrogens (tertiary/aromatic N) is 2. The molecule has 3 nitrogen and oxygen atoms in total. The number of rotatable bonds is 5. The number of nitrogens with one attached hydrogen (secondary N) is 1. The normalized spacial score (nSPS) is 11.0. The Morgan fingerprint density at radius 1 is 1.29 bits per heavy atom. The molecule has 0 unspecified atom stereocenters. The molecule has 0 bridgehead atoms. The van der Waals surface area contributed by atoms with Crippen LogP contribution < -0.4 is 5.32 Å². The quantitative estimate of drug-likeness (QED) is 0.817. The Morgan fingerprint density at radius 2 is 2.05 bits per heavy atom. The van der Waals surface area contributed by atoms with E-state index >= 15 is 0 Å². The largest absolute Gasteiger partial charge is 0.370 e. The van der Waals surface area contributed by atoms with Gasteiger partial charge in [-0.05, 0) is 32.0 Å². The molecule has 1 aromatic carbocycles. The first-order valence-electron chi connectivity index (χ1n) is 7.07. The van der Waals surface area contributed by atoms with E-state index in [4.69, 9.17) is 0 Å². The van der Waals surface area contributed by atoms with Crippen LogP contribution in [0, 0.1) is 12.7 Å². The second-order valence-corrected chi connectivity index (χ2v) is 6.17. The molecule has 2 rings (SSSR count). The van der Waals surface area contributed by atoms with Crippen molar-refractivity contribution in [2.45, 2.75) is 43.5 Å². The second-order valence-electron chi connectivity index (χ2n) is 5.11. The van der Waals surface area contributed by atoms with E-state index in [0.717, 1.165) is 33.7 Å². The number of anilines is 1. The standard InChI is InChI=1S/C16H20FN3S/c1-5-18-15-11(4)16(20-14(19-15)10(2)3)21-13-8-6-7-12(17)9-13/h6-10H,5H2,1-4H3,(H,18,19,20). The third kappa shape index (κ3) is 3.94. The maximum Gasteiger partial charge on any atom is 0.134 e. The zero-order chi connectivity index (χ0) is 15.4. The molecule has 1 heterocycles. The molecule has 0 radical (unpaired) electrons. The van der Waals surface area contributed by atoms with E-state index in [0.29, 0.717) is 0 Å². The van der Waals surface area contributed by atoms with Crippen molar-refractivity contribution in [2.75, 3.05) is 11.9 Å². The Morgan fingerprint density at radius 3 is 2.67 bits per heavy atom. The third-order valence-electron chi connectivity index (χ3n) is 2.99. The van der Waals surface area contributed by atoms with E-state index < -0.39 is 0 Å². The lowest BCUT2D eigenvalue weighted by molar-refractivity contribution is 0.624. The molecule has 1 aromatic heterocycles. The topological polar surface area (TPSA) is 37.8 Å². The third-order valence-corrected chi connectivity index (χ3v) is 4.07. The first-order valence-corrected chi connectivity index (χ1v) is 7.88. The summed E-state index contributed by atoms with van der Waals surface area (Å²) in [6, 6.07) is 6.56. The average molecular weight is 305 g/mol. The Labute approximate surface area is 129 Å². The zero-order valence-electron chi connectivity index (χ0n) is 12.8. The maximum atomic E-state index is 13.3. The molecule has 0 spiro atoms. The smallest absolute Gasteiger partial charge is 0.134 e. The molecule has 0 aliphatic rings. The van der Waals surface area contributed by atoms with Crippen molar-refractivity contribution < 1.29 is 4.39 Å². The lowest BCUT2D eigenvalue weighted by atomic mass is 10.2. The molecule has 112 valence electrons. The van der Waals surface area contributed by atoms with Gasteiger partial charge in [0.2, 0.25) is 0 Å². The Hall–Kier alpha value is -1.62. The van der Waals surface area contributed by atoms with Crippen LogP contribution in [-0.2, 0) is 0 Å². The van der Waals surface area contributed by atoms with Gasteiger partial charge in [-0.25, -0.2) is 14.4 Å². The fourth-order valence-electron chi connectivity index (χ4n) is 1.85. The van der Waals surface area contributed by atoms with E-state index in [9.17, 15) is 4.39 Å². The van der Waals surface area contributed by atoms with E-state index in [2.05, 4.69) is 29.1 Å². The monoisotopic (exact) mass is 305 g/mol. The van der Waals surface area contributed by atoms with Crippen LogP contribution in [0.15, 0.2) is 34.2 Å². The predicted octanol–water partition coefficient (Wildman–Crippen LogP) is 4.63. The van der Waals surface area contributed by atoms with Gasteiger partial charge in [0.1, 0.15) is 22.5 Å². The van der Waals surface area contributed by atoms with Gasteiger partial charge in [0, 0.05) is 22.9 Å². The minimum atomic E-state index is -0.234. The highest BCUT2D eigenvalue weighted by Gasteiger charge is 2.14. The zero-order valence-corrected chi connectivity index (χ0v) is 13.6. The first-order chi connectivity index (χ1) is 10.0. The summed E-state index contributed by atoms with van der Waals surface area (Å²) in [5, 5.41) is 4.14. The number of hydrogen-bond donors (Lipinski definition) is 1.